The molecule has 0 heterocycles. The van der Waals surface area contributed by atoms with Gasteiger partial charge in [0, 0.05) is 6.99 Å². The van der Waals surface area contributed by atoms with Gasteiger partial charge in [-0.05, 0) is 31.0 Å². The lowest BCUT2D eigenvalue weighted by Gasteiger charge is -1.99. The number of hydrogen-bond acceptors (Lipinski definition) is 1. The second-order valence-electron chi connectivity index (χ2n) is 3.11. The third-order valence-corrected chi connectivity index (χ3v) is 1.86. The lowest BCUT2D eigenvalue weighted by atomic mass is 10.1. The highest BCUT2D eigenvalue weighted by molar-refractivity contribution is 6.02. The number of carbonyl (C=O) groups is 1. The van der Waals surface area contributed by atoms with Gasteiger partial charge >= 0.3 is 0 Å². The summed E-state index contributed by atoms with van der Waals surface area (Å²) in [5, 5.41) is 0. The Morgan fingerprint density at radius 1 is 1.57 bits per heavy atom. The summed E-state index contributed by atoms with van der Waals surface area (Å²) in [4.78, 5) is 15.1. The number of hydrogen-bond donors (Lipinski definition) is 1. The van der Waals surface area contributed by atoms with E-state index in [4.69, 9.17) is 5.73 Å². The molecule has 1 aromatic rings. The van der Waals surface area contributed by atoms with Crippen LogP contribution in [0.1, 0.15) is 31.2 Å². The van der Waals surface area contributed by atoms with Crippen molar-refractivity contribution in [3.05, 3.63) is 35.4 Å². The molecular weight excluding hydrogens is 176 g/mol. The molecule has 0 aromatic heterocycles. The van der Waals surface area contributed by atoms with Crippen molar-refractivity contribution in [1.29, 1.82) is 0 Å². The van der Waals surface area contributed by atoms with E-state index in [9.17, 15) is 4.79 Å². The zero-order valence-corrected chi connectivity index (χ0v) is 8.45. The van der Waals surface area contributed by atoms with Gasteiger partial charge in [-0.3, -0.25) is 4.79 Å². The molecule has 1 amide bonds. The maximum atomic E-state index is 11.5. The molecule has 0 spiro atoms. The Morgan fingerprint density at radius 3 is 2.86 bits per heavy atom. The first-order valence-corrected chi connectivity index (χ1v) is 4.57. The summed E-state index contributed by atoms with van der Waals surface area (Å²) in [6, 6.07) is 7.42. The van der Waals surface area contributed by atoms with Crippen LogP contribution < -0.4 is 5.73 Å². The molecule has 1 aromatic carbocycles. The van der Waals surface area contributed by atoms with E-state index in [0.717, 1.165) is 12.0 Å². The van der Waals surface area contributed by atoms with Crippen LogP contribution in [0.25, 0.3) is 0 Å². The first-order valence-electron chi connectivity index (χ1n) is 4.57. The summed E-state index contributed by atoms with van der Waals surface area (Å²) < 4.78 is 0. The van der Waals surface area contributed by atoms with Crippen LogP contribution in [-0.4, -0.2) is 11.7 Å². The van der Waals surface area contributed by atoms with Crippen molar-refractivity contribution in [3.8, 4) is 0 Å². The van der Waals surface area contributed by atoms with Crippen LogP contribution in [0.15, 0.2) is 29.3 Å². The van der Waals surface area contributed by atoms with Gasteiger partial charge in [-0.25, -0.2) is 0 Å². The van der Waals surface area contributed by atoms with Crippen LogP contribution in [-0.2, 0) is 6.42 Å². The average molecular weight is 192 g/mol. The second kappa shape index (κ2) is 4.56. The van der Waals surface area contributed by atoms with Gasteiger partial charge in [-0.2, -0.15) is 4.99 Å². The van der Waals surface area contributed by atoms with Crippen molar-refractivity contribution in [2.45, 2.75) is 20.3 Å². The lowest BCUT2D eigenvalue weighted by Crippen LogP contribution is -2.09. The van der Waals surface area contributed by atoms with E-state index in [1.807, 2.05) is 25.1 Å². The zero-order chi connectivity index (χ0) is 10.6. The highest BCUT2D eigenvalue weighted by Gasteiger charge is 2.03. The van der Waals surface area contributed by atoms with E-state index >= 15 is 0 Å². The number of rotatable bonds is 2. The quantitative estimate of drug-likeness (QED) is 0.575. The Hall–Kier alpha value is -1.64. The lowest BCUT2D eigenvalue weighted by molar-refractivity contribution is 0.100. The predicted molar refractivity (Wildman–Crippen MR) is 59.6 cm³/mol. The van der Waals surface area contributed by atoms with Crippen LogP contribution in [0.5, 0.6) is 0 Å². The van der Waals surface area contributed by atoms with E-state index in [2.05, 4.69) is 4.99 Å². The standard InChI is InChI=1S/C11H14N2O.H2/c1-3-9-5-4-6-10(7-9)11(14)13-8(2)12;/h4-7H,3H2,1-2H3,(H2,12,13,14);1H. The van der Waals surface area contributed by atoms with E-state index in [0.29, 0.717) is 5.56 Å². The predicted octanol–water partition coefficient (Wildman–Crippen LogP) is 2.01. The number of nitrogens with two attached hydrogens (primary N) is 1. The molecule has 0 fully saturated rings. The van der Waals surface area contributed by atoms with E-state index in [1.54, 1.807) is 13.0 Å². The number of carbonyl (C=O) groups excluding carboxylic acids is 1. The molecule has 0 saturated heterocycles. The summed E-state index contributed by atoms with van der Waals surface area (Å²) in [5.41, 5.74) is 7.05. The molecule has 3 nitrogen and oxygen atoms in total. The summed E-state index contributed by atoms with van der Waals surface area (Å²) >= 11 is 0. The van der Waals surface area contributed by atoms with Gasteiger partial charge < -0.3 is 5.73 Å². The molecule has 0 radical (unpaired) electrons. The molecule has 1 rings (SSSR count). The normalized spacial score (nSPS) is 11.4. The largest absolute Gasteiger partial charge is 0.387 e. The molecule has 0 unspecified atom stereocenters. The van der Waals surface area contributed by atoms with Gasteiger partial charge in [0.15, 0.2) is 0 Å². The monoisotopic (exact) mass is 192 g/mol. The van der Waals surface area contributed by atoms with Crippen molar-refractivity contribution < 1.29 is 6.22 Å². The Morgan fingerprint density at radius 2 is 2.29 bits per heavy atom. The van der Waals surface area contributed by atoms with Crippen LogP contribution in [0.4, 0.5) is 0 Å². The van der Waals surface area contributed by atoms with Gasteiger partial charge in [-0.15, -0.1) is 0 Å². The fourth-order valence-electron chi connectivity index (χ4n) is 1.15. The van der Waals surface area contributed by atoms with Crippen molar-refractivity contribution in [2.75, 3.05) is 0 Å². The highest BCUT2D eigenvalue weighted by Crippen LogP contribution is 2.07. The average Bonchev–Trinajstić information content (AvgIpc) is 2.17. The van der Waals surface area contributed by atoms with E-state index in [-0.39, 0.29) is 13.2 Å². The van der Waals surface area contributed by atoms with Crippen LogP contribution in [0.2, 0.25) is 0 Å². The summed E-state index contributed by atoms with van der Waals surface area (Å²) in [6.07, 6.45) is 0.909. The molecular formula is C11H16N2O. The fraction of sp³-hybridized carbons (Fsp3) is 0.273. The molecule has 3 heteroatoms. The Bertz CT molecular complexity index is 371. The van der Waals surface area contributed by atoms with Crippen molar-refractivity contribution in [2.24, 2.45) is 10.7 Å². The number of amidine groups is 1. The number of aliphatic imine (C=N–C) groups is 1. The van der Waals surface area contributed by atoms with Crippen LogP contribution >= 0.6 is 0 Å². The summed E-state index contributed by atoms with van der Waals surface area (Å²) in [7, 11) is 0. The van der Waals surface area contributed by atoms with Crippen molar-refractivity contribution in [3.63, 3.8) is 0 Å². The van der Waals surface area contributed by atoms with Crippen LogP contribution in [0.3, 0.4) is 0 Å². The maximum Gasteiger partial charge on any atom is 0.278 e. The van der Waals surface area contributed by atoms with Crippen molar-refractivity contribution in [1.82, 2.24) is 0 Å². The summed E-state index contributed by atoms with van der Waals surface area (Å²) in [5.74, 6) is 0.0113. The molecule has 0 saturated carbocycles. The first kappa shape index (κ1) is 10.4. The zero-order valence-electron chi connectivity index (χ0n) is 8.45. The minimum Gasteiger partial charge on any atom is -0.387 e. The second-order valence-corrected chi connectivity index (χ2v) is 3.11. The number of benzene rings is 1. The van der Waals surface area contributed by atoms with Gasteiger partial charge in [0.2, 0.25) is 0 Å². The van der Waals surface area contributed by atoms with Gasteiger partial charge in [0.05, 0.1) is 0 Å². The molecule has 76 valence electrons. The molecule has 0 aliphatic rings. The molecule has 0 atom stereocenters. The highest BCUT2D eigenvalue weighted by atomic mass is 16.1. The Balaban J connectivity index is 0.00000196. The smallest absolute Gasteiger partial charge is 0.278 e. The van der Waals surface area contributed by atoms with Gasteiger partial charge in [0.1, 0.15) is 5.84 Å². The third kappa shape index (κ3) is 2.69. The SMILES string of the molecule is CCc1cccc(C(=O)N=C(C)N)c1.[HH]. The molecule has 0 aliphatic carbocycles. The van der Waals surface area contributed by atoms with Gasteiger partial charge in [-0.1, -0.05) is 19.1 Å². The Kier molecular flexibility index (Phi) is 3.40. The number of nitrogens with zero attached hydrogens (tertiary/aromatic N) is 1. The summed E-state index contributed by atoms with van der Waals surface area (Å²) in [6.45, 7) is 3.64. The maximum absolute atomic E-state index is 11.5. The number of amides is 1. The van der Waals surface area contributed by atoms with E-state index < -0.39 is 0 Å². The molecule has 0 aliphatic heterocycles. The minimum absolute atomic E-state index is 0. The topological polar surface area (TPSA) is 55.5 Å². The molecule has 2 N–H and O–H groups in total. The molecule has 14 heavy (non-hydrogen) atoms. The van der Waals surface area contributed by atoms with Gasteiger partial charge in [0.25, 0.3) is 5.91 Å². The fourth-order valence-corrected chi connectivity index (χ4v) is 1.15. The van der Waals surface area contributed by atoms with E-state index in [1.165, 1.54) is 0 Å². The van der Waals surface area contributed by atoms with Crippen molar-refractivity contribution >= 4 is 11.7 Å². The minimum atomic E-state index is -0.277. The number of aryl methyl sites for hydroxylation is 1. The van der Waals surface area contributed by atoms with Crippen LogP contribution in [0, 0.1) is 0 Å². The third-order valence-electron chi connectivity index (χ3n) is 1.86. The molecule has 0 bridgehead atoms. The Labute approximate surface area is 85.1 Å². The first-order chi connectivity index (χ1) is 6.63.